The van der Waals surface area contributed by atoms with Crippen molar-refractivity contribution in [3.05, 3.63) is 101 Å². The zero-order valence-electron chi connectivity index (χ0n) is 18.7. The van der Waals surface area contributed by atoms with Gasteiger partial charge in [0.2, 0.25) is 5.91 Å². The highest BCUT2D eigenvalue weighted by atomic mass is 32.2. The molecule has 2 heterocycles. The largest absolute Gasteiger partial charge is 0.324 e. The number of rotatable bonds is 5. The van der Waals surface area contributed by atoms with Gasteiger partial charge in [-0.15, -0.1) is 0 Å². The zero-order valence-corrected chi connectivity index (χ0v) is 19.5. The number of aliphatic imine (C=N–C) groups is 1. The highest BCUT2D eigenvalue weighted by Crippen LogP contribution is 2.38. The molecule has 10 heteroatoms. The summed E-state index contributed by atoms with van der Waals surface area (Å²) in [5, 5.41) is 8.22. The molecule has 1 N–H and O–H groups in total. The molecule has 0 bridgehead atoms. The van der Waals surface area contributed by atoms with E-state index < -0.39 is 22.9 Å². The first kappa shape index (κ1) is 23.8. The fraction of sp³-hybridized carbons (Fsp3) is 0.154. The van der Waals surface area contributed by atoms with Gasteiger partial charge >= 0.3 is 0 Å². The van der Waals surface area contributed by atoms with Gasteiger partial charge in [-0.1, -0.05) is 48.2 Å². The number of nitrogens with one attached hydrogen (secondary N) is 1. The quantitative estimate of drug-likeness (QED) is 0.509. The van der Waals surface area contributed by atoms with Crippen LogP contribution in [0.15, 0.2) is 82.9 Å². The molecule has 36 heavy (non-hydrogen) atoms. The molecule has 2 aliphatic heterocycles. The molecule has 0 unspecified atom stereocenters. The minimum absolute atomic E-state index is 0.0311. The molecular formula is C26H19F3N4O2S. The molecule has 3 aromatic carbocycles. The summed E-state index contributed by atoms with van der Waals surface area (Å²) in [6.45, 7) is 0. The van der Waals surface area contributed by atoms with E-state index in [1.807, 2.05) is 0 Å². The van der Waals surface area contributed by atoms with E-state index in [1.54, 1.807) is 35.3 Å². The van der Waals surface area contributed by atoms with E-state index in [1.165, 1.54) is 42.5 Å². The number of nitrogens with zero attached hydrogens (tertiary/aromatic N) is 3. The number of carbonyl (C=O) groups is 2. The SMILES string of the molecule is O=C(C[C@@H]1SC(N2N=C(c3ccc(F)cc3)C[C@H]2c2ccc(F)cc2)=NC1=O)Nc1ccccc1F. The summed E-state index contributed by atoms with van der Waals surface area (Å²) in [4.78, 5) is 29.3. The molecule has 6 nitrogen and oxygen atoms in total. The fourth-order valence-corrected chi connectivity index (χ4v) is 5.05. The van der Waals surface area contributed by atoms with Gasteiger partial charge in [0.25, 0.3) is 5.91 Å². The summed E-state index contributed by atoms with van der Waals surface area (Å²) < 4.78 is 40.8. The smallest absolute Gasteiger partial charge is 0.262 e. The average molecular weight is 509 g/mol. The van der Waals surface area contributed by atoms with Gasteiger partial charge in [0.05, 0.1) is 17.4 Å². The lowest BCUT2D eigenvalue weighted by atomic mass is 9.98. The molecule has 0 radical (unpaired) electrons. The Labute approximate surface area is 208 Å². The van der Waals surface area contributed by atoms with Crippen molar-refractivity contribution < 1.29 is 22.8 Å². The van der Waals surface area contributed by atoms with Crippen molar-refractivity contribution in [2.45, 2.75) is 24.1 Å². The van der Waals surface area contributed by atoms with Crippen LogP contribution in [-0.2, 0) is 9.59 Å². The number of carbonyl (C=O) groups excluding carboxylic acids is 2. The van der Waals surface area contributed by atoms with Crippen LogP contribution in [0.5, 0.6) is 0 Å². The second kappa shape index (κ2) is 9.98. The molecule has 0 aromatic heterocycles. The van der Waals surface area contributed by atoms with Crippen molar-refractivity contribution in [1.29, 1.82) is 0 Å². The lowest BCUT2D eigenvalue weighted by Crippen LogP contribution is -2.25. The van der Waals surface area contributed by atoms with Gasteiger partial charge in [0.1, 0.15) is 22.7 Å². The van der Waals surface area contributed by atoms with Crippen LogP contribution in [0, 0.1) is 17.5 Å². The van der Waals surface area contributed by atoms with Crippen molar-refractivity contribution in [3.63, 3.8) is 0 Å². The Morgan fingerprint density at radius 3 is 2.33 bits per heavy atom. The summed E-state index contributed by atoms with van der Waals surface area (Å²) in [7, 11) is 0. The number of hydrogen-bond acceptors (Lipinski definition) is 5. The Bertz CT molecular complexity index is 1380. The first-order valence-electron chi connectivity index (χ1n) is 11.1. The molecule has 0 fully saturated rings. The maximum absolute atomic E-state index is 13.9. The normalized spacial score (nSPS) is 19.3. The topological polar surface area (TPSA) is 74.1 Å². The van der Waals surface area contributed by atoms with Gasteiger partial charge in [-0.05, 0) is 47.5 Å². The number of anilines is 1. The Balaban J connectivity index is 1.36. The predicted octanol–water partition coefficient (Wildman–Crippen LogP) is 5.28. The van der Waals surface area contributed by atoms with E-state index in [9.17, 15) is 22.8 Å². The van der Waals surface area contributed by atoms with E-state index in [0.29, 0.717) is 22.9 Å². The van der Waals surface area contributed by atoms with Crippen LogP contribution in [0.4, 0.5) is 18.9 Å². The molecular weight excluding hydrogens is 489 g/mol. The Hall–Kier alpha value is -3.92. The van der Waals surface area contributed by atoms with E-state index in [4.69, 9.17) is 0 Å². The Morgan fingerprint density at radius 2 is 1.64 bits per heavy atom. The number of thioether (sulfide) groups is 1. The second-order valence-electron chi connectivity index (χ2n) is 8.24. The van der Waals surface area contributed by atoms with Crippen LogP contribution >= 0.6 is 11.8 Å². The minimum Gasteiger partial charge on any atom is -0.324 e. The Morgan fingerprint density at radius 1 is 0.972 bits per heavy atom. The highest BCUT2D eigenvalue weighted by Gasteiger charge is 2.39. The van der Waals surface area contributed by atoms with Crippen LogP contribution < -0.4 is 5.32 Å². The first-order valence-corrected chi connectivity index (χ1v) is 12.0. The monoisotopic (exact) mass is 508 g/mol. The maximum Gasteiger partial charge on any atom is 0.262 e. The summed E-state index contributed by atoms with van der Waals surface area (Å²) in [5.41, 5.74) is 2.15. The molecule has 2 amide bonds. The third-order valence-corrected chi connectivity index (χ3v) is 6.93. The fourth-order valence-electron chi connectivity index (χ4n) is 3.98. The molecule has 2 aliphatic rings. The number of para-hydroxylation sites is 1. The number of hydrazone groups is 1. The predicted molar refractivity (Wildman–Crippen MR) is 132 cm³/mol. The van der Waals surface area contributed by atoms with Crippen LogP contribution in [0.1, 0.15) is 30.0 Å². The van der Waals surface area contributed by atoms with Gasteiger partial charge in [0.15, 0.2) is 5.17 Å². The van der Waals surface area contributed by atoms with Crippen molar-refractivity contribution in [2.75, 3.05) is 5.32 Å². The minimum atomic E-state index is -0.800. The summed E-state index contributed by atoms with van der Waals surface area (Å²) >= 11 is 1.09. The lowest BCUT2D eigenvalue weighted by molar-refractivity contribution is -0.121. The standard InChI is InChI=1S/C26H19F3N4O2S/c27-17-9-5-15(6-10-17)21-13-22(16-7-11-18(28)12-8-16)33(32-21)26-31-25(35)23(36-26)14-24(34)30-20-4-2-1-3-19(20)29/h1-12,22-23H,13-14H2,(H,30,34)/t22-,23-/m0/s1. The molecule has 0 spiro atoms. The van der Waals surface area contributed by atoms with E-state index >= 15 is 0 Å². The van der Waals surface area contributed by atoms with Gasteiger partial charge in [-0.25, -0.2) is 18.2 Å². The van der Waals surface area contributed by atoms with Crippen LogP contribution in [0.25, 0.3) is 0 Å². The number of hydrogen-bond donors (Lipinski definition) is 1. The number of amidine groups is 1. The Kier molecular flexibility index (Phi) is 6.60. The van der Waals surface area contributed by atoms with Gasteiger partial charge < -0.3 is 5.32 Å². The van der Waals surface area contributed by atoms with Crippen molar-refractivity contribution in [1.82, 2.24) is 5.01 Å². The van der Waals surface area contributed by atoms with E-state index in [-0.39, 0.29) is 29.8 Å². The number of halogens is 3. The van der Waals surface area contributed by atoms with Crippen LogP contribution in [0.2, 0.25) is 0 Å². The van der Waals surface area contributed by atoms with Crippen molar-refractivity contribution in [3.8, 4) is 0 Å². The maximum atomic E-state index is 13.9. The van der Waals surface area contributed by atoms with Gasteiger partial charge in [-0.2, -0.15) is 10.1 Å². The second-order valence-corrected chi connectivity index (χ2v) is 9.41. The molecule has 0 saturated heterocycles. The van der Waals surface area contributed by atoms with Crippen LogP contribution in [-0.4, -0.2) is 33.0 Å². The van der Waals surface area contributed by atoms with E-state index in [0.717, 1.165) is 17.3 Å². The molecule has 182 valence electrons. The summed E-state index contributed by atoms with van der Waals surface area (Å²) in [6.07, 6.45) is 0.220. The number of benzene rings is 3. The summed E-state index contributed by atoms with van der Waals surface area (Å²) in [6, 6.07) is 17.2. The molecule has 0 saturated carbocycles. The summed E-state index contributed by atoms with van der Waals surface area (Å²) in [5.74, 6) is -2.35. The van der Waals surface area contributed by atoms with Gasteiger partial charge in [0, 0.05) is 12.8 Å². The zero-order chi connectivity index (χ0) is 25.2. The molecule has 0 aliphatic carbocycles. The molecule has 5 rings (SSSR count). The number of amides is 2. The van der Waals surface area contributed by atoms with Crippen molar-refractivity contribution >= 4 is 40.1 Å². The van der Waals surface area contributed by atoms with E-state index in [2.05, 4.69) is 15.4 Å². The molecule has 2 atom stereocenters. The third-order valence-electron chi connectivity index (χ3n) is 5.79. The first-order chi connectivity index (χ1) is 17.4. The van der Waals surface area contributed by atoms with Crippen LogP contribution in [0.3, 0.4) is 0 Å². The average Bonchev–Trinajstić information content (AvgIpc) is 3.45. The lowest BCUT2D eigenvalue weighted by Gasteiger charge is -2.23. The van der Waals surface area contributed by atoms with Crippen molar-refractivity contribution in [2.24, 2.45) is 10.1 Å². The van der Waals surface area contributed by atoms with Gasteiger partial charge in [-0.3, -0.25) is 9.59 Å². The molecule has 3 aromatic rings. The third kappa shape index (κ3) is 5.03. The highest BCUT2D eigenvalue weighted by molar-refractivity contribution is 8.15.